The quantitative estimate of drug-likeness (QED) is 0.203. The fraction of sp³-hybridized carbons (Fsp3) is 0.360. The van der Waals surface area contributed by atoms with Gasteiger partial charge in [-0.3, -0.25) is 9.78 Å². The summed E-state index contributed by atoms with van der Waals surface area (Å²) in [5.41, 5.74) is 3.39. The smallest absolute Gasteiger partial charge is 0.171 e. The van der Waals surface area contributed by atoms with Crippen LogP contribution in [-0.4, -0.2) is 87.3 Å². The van der Waals surface area contributed by atoms with E-state index in [1.165, 1.54) is 11.9 Å². The van der Waals surface area contributed by atoms with Gasteiger partial charge in [-0.15, -0.1) is 15.3 Å². The summed E-state index contributed by atoms with van der Waals surface area (Å²) in [6.07, 6.45) is 15.8. The van der Waals surface area contributed by atoms with E-state index in [4.69, 9.17) is 0 Å². The van der Waals surface area contributed by atoms with Crippen LogP contribution in [0.1, 0.15) is 35.7 Å². The van der Waals surface area contributed by atoms with Crippen molar-refractivity contribution < 1.29 is 0 Å². The zero-order valence-corrected chi connectivity index (χ0v) is 25.7. The summed E-state index contributed by atoms with van der Waals surface area (Å²) in [5, 5.41) is 33.5. The molecule has 43 heavy (non-hydrogen) atoms. The maximum Gasteiger partial charge on any atom is 0.171 e. The van der Waals surface area contributed by atoms with Gasteiger partial charge in [-0.2, -0.15) is 20.5 Å². The van der Waals surface area contributed by atoms with Crippen molar-refractivity contribution in [2.24, 2.45) is 29.5 Å². The molecule has 0 saturated heterocycles. The Bertz CT molecular complexity index is 1240. The van der Waals surface area contributed by atoms with Gasteiger partial charge in [-0.1, -0.05) is 5.21 Å². The molecule has 0 aromatic carbocycles. The van der Waals surface area contributed by atoms with Gasteiger partial charge in [0.1, 0.15) is 30.8 Å². The Hall–Kier alpha value is -5.68. The van der Waals surface area contributed by atoms with Crippen LogP contribution in [0, 0.1) is 34.6 Å². The van der Waals surface area contributed by atoms with Crippen molar-refractivity contribution >= 4 is 5.71 Å². The lowest BCUT2D eigenvalue weighted by atomic mass is 10.4. The monoisotopic (exact) mass is 592 g/mol. The predicted octanol–water partition coefficient (Wildman–Crippen LogP) is 3.03. The van der Waals surface area contributed by atoms with Gasteiger partial charge in [0.15, 0.2) is 5.82 Å². The normalized spacial score (nSPS) is 10.3. The highest BCUT2D eigenvalue weighted by Gasteiger charge is 1.91. The highest BCUT2D eigenvalue weighted by Crippen LogP contribution is 1.90. The van der Waals surface area contributed by atoms with E-state index in [-0.39, 0.29) is 0 Å². The number of nitrogens with one attached hydrogen (secondary N) is 4. The number of hydrogen-bond donors (Lipinski definition) is 4. The number of imidazole rings is 2. The third-order valence-corrected chi connectivity index (χ3v) is 4.30. The van der Waals surface area contributed by atoms with Crippen LogP contribution in [0.25, 0.3) is 0 Å². The molecular formula is C25H40N18. The molecule has 0 radical (unpaired) electrons. The predicted molar refractivity (Wildman–Crippen MR) is 161 cm³/mol. The van der Waals surface area contributed by atoms with Gasteiger partial charge >= 0.3 is 0 Å². The molecule has 7 heterocycles. The number of nitrogens with zero attached hydrogens (tertiary/aromatic N) is 14. The molecule has 0 amide bonds. The second-order valence-electron chi connectivity index (χ2n) is 8.57. The number of H-pyrrole nitrogens is 4. The Morgan fingerprint density at radius 3 is 1.88 bits per heavy atom. The fourth-order valence-corrected chi connectivity index (χ4v) is 2.27. The van der Waals surface area contributed by atoms with Crippen molar-refractivity contribution in [1.29, 1.82) is 0 Å². The van der Waals surface area contributed by atoms with Gasteiger partial charge in [0, 0.05) is 50.8 Å². The number of tetrazole rings is 1. The molecule has 0 spiro atoms. The van der Waals surface area contributed by atoms with Gasteiger partial charge in [0.05, 0.1) is 18.4 Å². The van der Waals surface area contributed by atoms with Crippen molar-refractivity contribution in [3.8, 4) is 0 Å². The van der Waals surface area contributed by atoms with Gasteiger partial charge < -0.3 is 14.5 Å². The SMILES string of the molecule is CC1=NN=NC1.Cc1cc[nH]c1.Cc1cnc[nH]1.Cc1n[nH]c(C)n1.Cc1nn[nH]n1.Cn1ccnc1.Cn1cncn1. The molecule has 1 aliphatic rings. The van der Waals surface area contributed by atoms with Crippen molar-refractivity contribution in [2.45, 2.75) is 41.5 Å². The first-order chi connectivity index (χ1) is 20.7. The van der Waals surface area contributed by atoms with Gasteiger partial charge in [-0.05, 0) is 58.4 Å². The lowest BCUT2D eigenvalue weighted by Gasteiger charge is -1.76. The Kier molecular flexibility index (Phi) is 18.1. The summed E-state index contributed by atoms with van der Waals surface area (Å²) in [6.45, 7) is 12.1. The first kappa shape index (κ1) is 35.3. The number of rotatable bonds is 0. The topological polar surface area (TPSA) is 226 Å². The second kappa shape index (κ2) is 22.1. The molecule has 0 unspecified atom stereocenters. The van der Waals surface area contributed by atoms with Gasteiger partial charge in [-0.25, -0.2) is 19.9 Å². The molecule has 18 nitrogen and oxygen atoms in total. The molecular weight excluding hydrogens is 552 g/mol. The van der Waals surface area contributed by atoms with E-state index in [1.807, 2.05) is 71.0 Å². The summed E-state index contributed by atoms with van der Waals surface area (Å²) in [4.78, 5) is 21.0. The lowest BCUT2D eigenvalue weighted by molar-refractivity contribution is 0.765. The van der Waals surface area contributed by atoms with Crippen LogP contribution < -0.4 is 0 Å². The molecule has 0 fully saturated rings. The summed E-state index contributed by atoms with van der Waals surface area (Å²) in [6, 6.07) is 2.03. The molecule has 18 heteroatoms. The minimum Gasteiger partial charge on any atom is -0.367 e. The minimum atomic E-state index is 0.676. The van der Waals surface area contributed by atoms with E-state index in [2.05, 4.69) is 88.2 Å². The first-order valence-corrected chi connectivity index (χ1v) is 12.9. The van der Waals surface area contributed by atoms with Crippen LogP contribution in [-0.2, 0) is 14.1 Å². The number of hydrogen-bond acceptors (Lipinski definition) is 12. The van der Waals surface area contributed by atoms with Crippen LogP contribution >= 0.6 is 0 Å². The van der Waals surface area contributed by atoms with E-state index < -0.39 is 0 Å². The van der Waals surface area contributed by atoms with Crippen molar-refractivity contribution in [1.82, 2.24) is 75.1 Å². The van der Waals surface area contributed by atoms with Gasteiger partial charge in [0.25, 0.3) is 0 Å². The maximum atomic E-state index is 3.94. The third kappa shape index (κ3) is 20.8. The Morgan fingerprint density at radius 1 is 0.907 bits per heavy atom. The van der Waals surface area contributed by atoms with Gasteiger partial charge in [0.2, 0.25) is 0 Å². The molecule has 7 rings (SSSR count). The molecule has 4 N–H and O–H groups in total. The zero-order valence-electron chi connectivity index (χ0n) is 25.7. The molecule has 0 bridgehead atoms. The van der Waals surface area contributed by atoms with E-state index in [0.717, 1.165) is 23.1 Å². The highest BCUT2D eigenvalue weighted by atomic mass is 15.5. The molecule has 230 valence electrons. The number of aromatic amines is 4. The van der Waals surface area contributed by atoms with E-state index in [1.54, 1.807) is 43.0 Å². The minimum absolute atomic E-state index is 0.676. The summed E-state index contributed by atoms with van der Waals surface area (Å²) in [7, 11) is 3.76. The number of aromatic nitrogens is 15. The Morgan fingerprint density at radius 2 is 1.72 bits per heavy atom. The second-order valence-corrected chi connectivity index (χ2v) is 8.57. The average Bonchev–Trinajstić information content (AvgIpc) is 3.79. The molecule has 1 aliphatic heterocycles. The van der Waals surface area contributed by atoms with Crippen LogP contribution in [0.5, 0.6) is 0 Å². The standard InChI is InChI=1S/C5H7N.C4H7N3.2C4H6N2.2C3H5N3.C2H4N4/c1-5-2-3-6-4-5;1-3-5-4(2)7-6-3;1-4-2-5-3-6-4;1-6-3-2-5-4-6;1-6-3-4-2-5-6;1-3-2-4-6-5-3;1-2-3-5-6-4-2/h2-4,6H,1H3;1-2H3,(H,5,6,7);2-3H,1H3,(H,5,6);2-4H,1H3;2-3H,1H3;2H2,1H3;1H3,(H,3,4,5,6). The largest absolute Gasteiger partial charge is 0.367 e. The molecule has 6 aromatic heterocycles. The summed E-state index contributed by atoms with van der Waals surface area (Å²) in [5.74, 6) is 2.35. The molecule has 0 atom stereocenters. The van der Waals surface area contributed by atoms with Crippen LogP contribution in [0.3, 0.4) is 0 Å². The molecule has 0 aliphatic carbocycles. The Balaban J connectivity index is 0.000000251. The lowest BCUT2D eigenvalue weighted by Crippen LogP contribution is -1.87. The Labute approximate surface area is 249 Å². The summed E-state index contributed by atoms with van der Waals surface area (Å²) >= 11 is 0. The molecule has 6 aromatic rings. The zero-order chi connectivity index (χ0) is 31.7. The van der Waals surface area contributed by atoms with Crippen molar-refractivity contribution in [3.05, 3.63) is 91.1 Å². The van der Waals surface area contributed by atoms with Crippen LogP contribution in [0.2, 0.25) is 0 Å². The fourth-order valence-electron chi connectivity index (χ4n) is 2.27. The summed E-state index contributed by atoms with van der Waals surface area (Å²) < 4.78 is 3.53. The van der Waals surface area contributed by atoms with E-state index in [9.17, 15) is 0 Å². The van der Waals surface area contributed by atoms with E-state index >= 15 is 0 Å². The van der Waals surface area contributed by atoms with E-state index in [0.29, 0.717) is 12.4 Å². The van der Waals surface area contributed by atoms with Crippen LogP contribution in [0.4, 0.5) is 0 Å². The highest BCUT2D eigenvalue weighted by molar-refractivity contribution is 5.84. The average molecular weight is 593 g/mol. The first-order valence-electron chi connectivity index (χ1n) is 12.9. The molecule has 0 saturated carbocycles. The third-order valence-electron chi connectivity index (χ3n) is 4.30. The number of aryl methyl sites for hydroxylation is 7. The van der Waals surface area contributed by atoms with Crippen molar-refractivity contribution in [2.75, 3.05) is 6.54 Å². The maximum absolute atomic E-state index is 3.94. The van der Waals surface area contributed by atoms with Crippen molar-refractivity contribution in [3.63, 3.8) is 0 Å². The van der Waals surface area contributed by atoms with Crippen LogP contribution in [0.15, 0.2) is 77.8 Å².